The maximum atomic E-state index is 12.3. The van der Waals surface area contributed by atoms with Gasteiger partial charge in [0.1, 0.15) is 5.75 Å². The number of carbonyl (C=O) groups is 1. The van der Waals surface area contributed by atoms with Gasteiger partial charge in [-0.3, -0.25) is 4.79 Å². The summed E-state index contributed by atoms with van der Waals surface area (Å²) in [5.74, 6) is -0.284. The second-order valence-corrected chi connectivity index (χ2v) is 5.35. The van der Waals surface area contributed by atoms with Crippen LogP contribution in [0.4, 0.5) is 8.78 Å². The topological polar surface area (TPSA) is 38.3 Å². The molecule has 2 rings (SSSR count). The number of carbonyl (C=O) groups excluding carboxylic acids is 1. The van der Waals surface area contributed by atoms with Gasteiger partial charge in [-0.2, -0.15) is 8.78 Å². The second kappa shape index (κ2) is 9.03. The zero-order valence-electron chi connectivity index (χ0n) is 12.7. The summed E-state index contributed by atoms with van der Waals surface area (Å²) in [6.45, 7) is -2.45. The molecule has 1 N–H and O–H groups in total. The summed E-state index contributed by atoms with van der Waals surface area (Å²) in [4.78, 5) is 11.8. The van der Waals surface area contributed by atoms with Crippen LogP contribution in [-0.4, -0.2) is 19.1 Å². The summed E-state index contributed by atoms with van der Waals surface area (Å²) < 4.78 is 29.0. The number of nitrogens with one attached hydrogen (secondary N) is 1. The van der Waals surface area contributed by atoms with Crippen molar-refractivity contribution in [3.8, 4) is 5.75 Å². The van der Waals surface area contributed by atoms with Crippen LogP contribution in [-0.2, 0) is 11.2 Å². The van der Waals surface area contributed by atoms with Gasteiger partial charge in [-0.25, -0.2) is 0 Å². The lowest BCUT2D eigenvalue weighted by atomic mass is 10.1. The summed E-state index contributed by atoms with van der Waals surface area (Å²) in [6.07, 6.45) is 3.40. The minimum atomic E-state index is -2.91. The van der Waals surface area contributed by atoms with Gasteiger partial charge in [0.2, 0.25) is 5.91 Å². The largest absolute Gasteiger partial charge is 0.434 e. The highest BCUT2D eigenvalue weighted by Crippen LogP contribution is 2.21. The van der Waals surface area contributed by atoms with Crippen molar-refractivity contribution < 1.29 is 18.3 Å². The lowest BCUT2D eigenvalue weighted by molar-refractivity contribution is -0.116. The number of ether oxygens (including phenoxy) is 1. The van der Waals surface area contributed by atoms with E-state index in [9.17, 15) is 13.6 Å². The third-order valence-electron chi connectivity index (χ3n) is 3.18. The first-order valence-corrected chi connectivity index (χ1v) is 7.66. The third-order valence-corrected chi connectivity index (χ3v) is 3.43. The number of hydrogen-bond donors (Lipinski definition) is 1. The van der Waals surface area contributed by atoms with Crippen LogP contribution >= 0.6 is 11.6 Å². The molecule has 126 valence electrons. The van der Waals surface area contributed by atoms with E-state index in [1.165, 1.54) is 18.2 Å². The highest BCUT2D eigenvalue weighted by molar-refractivity contribution is 6.30. The van der Waals surface area contributed by atoms with Crippen LogP contribution in [0.1, 0.15) is 11.1 Å². The van der Waals surface area contributed by atoms with Gasteiger partial charge in [0.05, 0.1) is 0 Å². The van der Waals surface area contributed by atoms with Crippen molar-refractivity contribution in [1.29, 1.82) is 0 Å². The maximum Gasteiger partial charge on any atom is 0.387 e. The number of amides is 1. The molecule has 0 aliphatic heterocycles. The predicted molar refractivity (Wildman–Crippen MR) is 90.3 cm³/mol. The van der Waals surface area contributed by atoms with E-state index >= 15 is 0 Å². The lowest BCUT2D eigenvalue weighted by Gasteiger charge is -2.07. The first-order valence-electron chi connectivity index (χ1n) is 7.29. The molecule has 0 radical (unpaired) electrons. The lowest BCUT2D eigenvalue weighted by Crippen LogP contribution is -2.23. The molecule has 2 aromatic carbocycles. The monoisotopic (exact) mass is 351 g/mol. The average molecular weight is 352 g/mol. The smallest absolute Gasteiger partial charge is 0.387 e. The van der Waals surface area contributed by atoms with Crippen molar-refractivity contribution in [2.45, 2.75) is 13.0 Å². The molecule has 0 bridgehead atoms. The second-order valence-electron chi connectivity index (χ2n) is 4.92. The van der Waals surface area contributed by atoms with Gasteiger partial charge in [0, 0.05) is 23.2 Å². The van der Waals surface area contributed by atoms with E-state index in [0.717, 1.165) is 5.56 Å². The van der Waals surface area contributed by atoms with Gasteiger partial charge in [0.15, 0.2) is 0 Å². The molecule has 3 nitrogen and oxygen atoms in total. The van der Waals surface area contributed by atoms with Crippen molar-refractivity contribution in [1.82, 2.24) is 5.32 Å². The van der Waals surface area contributed by atoms with Gasteiger partial charge >= 0.3 is 6.61 Å². The van der Waals surface area contributed by atoms with Gasteiger partial charge in [0.25, 0.3) is 0 Å². The Morgan fingerprint density at radius 3 is 2.58 bits per heavy atom. The molecule has 0 heterocycles. The minimum Gasteiger partial charge on any atom is -0.434 e. The first-order chi connectivity index (χ1) is 11.5. The highest BCUT2D eigenvalue weighted by Gasteiger charge is 2.07. The van der Waals surface area contributed by atoms with Crippen molar-refractivity contribution in [3.05, 3.63) is 70.8 Å². The van der Waals surface area contributed by atoms with Crippen molar-refractivity contribution in [2.75, 3.05) is 6.54 Å². The summed E-state index contributed by atoms with van der Waals surface area (Å²) >= 11 is 5.80. The summed E-state index contributed by atoms with van der Waals surface area (Å²) in [7, 11) is 0. The van der Waals surface area contributed by atoms with Crippen molar-refractivity contribution >= 4 is 23.6 Å². The standard InChI is InChI=1S/C18H16ClF2NO2/c19-15-8-5-13(6-9-15)11-12-22-17(23)10-7-14-3-1-2-4-16(14)24-18(20)21/h1-10,18H,11-12H2,(H,22,23)/b10-7+. The van der Waals surface area contributed by atoms with Gasteiger partial charge < -0.3 is 10.1 Å². The molecule has 0 fully saturated rings. The van der Waals surface area contributed by atoms with Crippen LogP contribution in [0.5, 0.6) is 5.75 Å². The Morgan fingerprint density at radius 2 is 1.88 bits per heavy atom. The van der Waals surface area contributed by atoms with E-state index in [2.05, 4.69) is 10.1 Å². The van der Waals surface area contributed by atoms with E-state index in [-0.39, 0.29) is 11.7 Å². The fourth-order valence-electron chi connectivity index (χ4n) is 2.03. The first kappa shape index (κ1) is 17.9. The van der Waals surface area contributed by atoms with E-state index in [0.29, 0.717) is 23.6 Å². The molecule has 0 saturated heterocycles. The van der Waals surface area contributed by atoms with Crippen LogP contribution in [0, 0.1) is 0 Å². The molecule has 0 spiro atoms. The molecular weight excluding hydrogens is 336 g/mol. The van der Waals surface area contributed by atoms with Crippen LogP contribution in [0.3, 0.4) is 0 Å². The van der Waals surface area contributed by atoms with E-state index in [1.807, 2.05) is 12.1 Å². The normalized spacial score (nSPS) is 11.0. The number of rotatable bonds is 7. The zero-order chi connectivity index (χ0) is 17.4. The quantitative estimate of drug-likeness (QED) is 0.755. The Morgan fingerprint density at radius 1 is 1.17 bits per heavy atom. The molecule has 0 unspecified atom stereocenters. The molecule has 0 aromatic heterocycles. The Labute approximate surface area is 143 Å². The molecule has 1 amide bonds. The maximum absolute atomic E-state index is 12.3. The fraction of sp³-hybridized carbons (Fsp3) is 0.167. The highest BCUT2D eigenvalue weighted by atomic mass is 35.5. The van der Waals surface area contributed by atoms with Crippen LogP contribution < -0.4 is 10.1 Å². The number of halogens is 3. The summed E-state index contributed by atoms with van der Waals surface area (Å²) in [6, 6.07) is 13.6. The average Bonchev–Trinajstić information content (AvgIpc) is 2.55. The van der Waals surface area contributed by atoms with E-state index in [4.69, 9.17) is 11.6 Å². The number of hydrogen-bond acceptors (Lipinski definition) is 2. The summed E-state index contributed by atoms with van der Waals surface area (Å²) in [5, 5.41) is 3.39. The van der Waals surface area contributed by atoms with Crippen LogP contribution in [0.15, 0.2) is 54.6 Å². The molecule has 24 heavy (non-hydrogen) atoms. The van der Waals surface area contributed by atoms with Crippen LogP contribution in [0.25, 0.3) is 6.08 Å². The minimum absolute atomic E-state index is 0.0257. The zero-order valence-corrected chi connectivity index (χ0v) is 13.5. The number of benzene rings is 2. The fourth-order valence-corrected chi connectivity index (χ4v) is 2.15. The van der Waals surface area contributed by atoms with E-state index < -0.39 is 6.61 Å². The molecule has 0 saturated carbocycles. The molecule has 0 atom stereocenters. The Bertz CT molecular complexity index is 702. The Hall–Kier alpha value is -2.40. The predicted octanol–water partition coefficient (Wildman–Crippen LogP) is 4.31. The molecule has 6 heteroatoms. The molecule has 0 aliphatic rings. The number of para-hydroxylation sites is 1. The third kappa shape index (κ3) is 6.01. The Kier molecular flexibility index (Phi) is 6.75. The molecule has 0 aliphatic carbocycles. The Balaban J connectivity index is 1.85. The van der Waals surface area contributed by atoms with Crippen molar-refractivity contribution in [2.24, 2.45) is 0 Å². The van der Waals surface area contributed by atoms with Gasteiger partial charge in [-0.1, -0.05) is 41.9 Å². The summed E-state index contributed by atoms with van der Waals surface area (Å²) in [5.41, 5.74) is 1.46. The van der Waals surface area contributed by atoms with Gasteiger partial charge in [-0.15, -0.1) is 0 Å². The molecular formula is C18H16ClF2NO2. The van der Waals surface area contributed by atoms with Crippen LogP contribution in [0.2, 0.25) is 5.02 Å². The van der Waals surface area contributed by atoms with Gasteiger partial charge in [-0.05, 0) is 36.3 Å². The number of alkyl halides is 2. The SMILES string of the molecule is O=C(/C=C/c1ccccc1OC(F)F)NCCc1ccc(Cl)cc1. The van der Waals surface area contributed by atoms with Crippen molar-refractivity contribution in [3.63, 3.8) is 0 Å². The molecule has 2 aromatic rings. The van der Waals surface area contributed by atoms with E-state index in [1.54, 1.807) is 30.3 Å².